The SMILES string of the molecule is CCC1=C(C(=O)OC)[C@H](c2cccc(C)c2)N2C(CC(=O)NC3CCN(Cc4ccccc4)CC3)=CSC2=N1. The monoisotopic (exact) mass is 544 g/mol. The Morgan fingerprint density at radius 3 is 2.56 bits per heavy atom. The van der Waals surface area contributed by atoms with Crippen LogP contribution in [0, 0.1) is 6.92 Å². The number of nitrogens with one attached hydrogen (secondary N) is 1. The summed E-state index contributed by atoms with van der Waals surface area (Å²) in [5, 5.41) is 6.06. The Bertz CT molecular complexity index is 1310. The molecular weight excluding hydrogens is 508 g/mol. The lowest BCUT2D eigenvalue weighted by Crippen LogP contribution is -2.45. The highest BCUT2D eigenvalue weighted by atomic mass is 32.2. The Labute approximate surface area is 235 Å². The first-order chi connectivity index (χ1) is 19.0. The molecule has 5 rings (SSSR count). The molecule has 0 bridgehead atoms. The highest BCUT2D eigenvalue weighted by Crippen LogP contribution is 2.45. The first-order valence-electron chi connectivity index (χ1n) is 13.6. The molecule has 1 fully saturated rings. The van der Waals surface area contributed by atoms with Gasteiger partial charge in [0.1, 0.15) is 0 Å². The van der Waals surface area contributed by atoms with Crippen molar-refractivity contribution in [3.63, 3.8) is 0 Å². The van der Waals surface area contributed by atoms with Gasteiger partial charge in [0.15, 0.2) is 5.17 Å². The van der Waals surface area contributed by atoms with E-state index in [1.54, 1.807) is 0 Å². The van der Waals surface area contributed by atoms with E-state index in [2.05, 4.69) is 40.5 Å². The van der Waals surface area contributed by atoms with Crippen LogP contribution in [0.2, 0.25) is 0 Å². The number of ether oxygens (including phenoxy) is 1. The second kappa shape index (κ2) is 12.2. The van der Waals surface area contributed by atoms with Gasteiger partial charge in [-0.05, 0) is 42.7 Å². The van der Waals surface area contributed by atoms with Crippen molar-refractivity contribution in [3.05, 3.63) is 93.7 Å². The third kappa shape index (κ3) is 6.12. The zero-order chi connectivity index (χ0) is 27.4. The number of piperidine rings is 1. The molecule has 204 valence electrons. The zero-order valence-electron chi connectivity index (χ0n) is 22.9. The van der Waals surface area contributed by atoms with E-state index in [4.69, 9.17) is 9.73 Å². The second-order valence-electron chi connectivity index (χ2n) is 10.3. The number of amidine groups is 1. The van der Waals surface area contributed by atoms with Crippen LogP contribution in [0.1, 0.15) is 55.3 Å². The molecule has 39 heavy (non-hydrogen) atoms. The molecule has 1 amide bonds. The van der Waals surface area contributed by atoms with E-state index in [1.807, 2.05) is 48.4 Å². The van der Waals surface area contributed by atoms with Crippen molar-refractivity contribution in [1.82, 2.24) is 15.1 Å². The summed E-state index contributed by atoms with van der Waals surface area (Å²) in [4.78, 5) is 35.6. The summed E-state index contributed by atoms with van der Waals surface area (Å²) in [6.07, 6.45) is 2.71. The molecule has 1 saturated heterocycles. The van der Waals surface area contributed by atoms with Crippen LogP contribution in [0.3, 0.4) is 0 Å². The Morgan fingerprint density at radius 1 is 1.10 bits per heavy atom. The van der Waals surface area contributed by atoms with Crippen molar-refractivity contribution in [2.24, 2.45) is 4.99 Å². The molecule has 2 aromatic carbocycles. The molecule has 8 heteroatoms. The number of benzene rings is 2. The van der Waals surface area contributed by atoms with Gasteiger partial charge in [-0.15, -0.1) is 0 Å². The second-order valence-corrected chi connectivity index (χ2v) is 11.1. The van der Waals surface area contributed by atoms with Gasteiger partial charge in [0, 0.05) is 31.4 Å². The van der Waals surface area contributed by atoms with E-state index in [0.717, 1.165) is 60.2 Å². The summed E-state index contributed by atoms with van der Waals surface area (Å²) < 4.78 is 5.21. The van der Waals surface area contributed by atoms with E-state index < -0.39 is 6.04 Å². The molecule has 0 aliphatic carbocycles. The summed E-state index contributed by atoms with van der Waals surface area (Å²) in [5.74, 6) is -0.387. The van der Waals surface area contributed by atoms with Gasteiger partial charge in [-0.2, -0.15) is 0 Å². The van der Waals surface area contributed by atoms with Gasteiger partial charge in [0.25, 0.3) is 0 Å². The number of aliphatic imine (C=N–C) groups is 1. The number of rotatable bonds is 8. The Kier molecular flexibility index (Phi) is 8.53. The number of carbonyl (C=O) groups is 2. The topological polar surface area (TPSA) is 74.2 Å². The summed E-state index contributed by atoms with van der Waals surface area (Å²) in [6, 6.07) is 18.4. The van der Waals surface area contributed by atoms with Gasteiger partial charge in [-0.25, -0.2) is 9.79 Å². The van der Waals surface area contributed by atoms with Crippen LogP contribution in [0.25, 0.3) is 0 Å². The Hall–Kier alpha value is -3.36. The standard InChI is InChI=1S/C31H36N4O3S/c1-4-26-28(30(37)38-3)29(23-12-8-9-21(2)17-23)35-25(20-39-31(35)33-26)18-27(36)32-24-13-15-34(16-14-24)19-22-10-6-5-7-11-22/h5-12,17,20,24,29H,4,13-16,18-19H2,1-3H3,(H,32,36)/t29-/m0/s1. The van der Waals surface area contributed by atoms with E-state index in [-0.39, 0.29) is 24.3 Å². The molecule has 0 saturated carbocycles. The summed E-state index contributed by atoms with van der Waals surface area (Å²) in [6.45, 7) is 6.90. The number of hydrogen-bond acceptors (Lipinski definition) is 7. The molecule has 2 aromatic rings. The molecule has 3 aliphatic rings. The number of esters is 1. The minimum absolute atomic E-state index is 0.00233. The molecule has 0 unspecified atom stereocenters. The summed E-state index contributed by atoms with van der Waals surface area (Å²) >= 11 is 1.51. The first kappa shape index (κ1) is 27.2. The smallest absolute Gasteiger partial charge is 0.338 e. The van der Waals surface area contributed by atoms with Crippen LogP contribution in [-0.2, 0) is 20.9 Å². The van der Waals surface area contributed by atoms with Crippen molar-refractivity contribution in [3.8, 4) is 0 Å². The van der Waals surface area contributed by atoms with Crippen LogP contribution < -0.4 is 5.32 Å². The maximum Gasteiger partial charge on any atom is 0.338 e. The van der Waals surface area contributed by atoms with Gasteiger partial charge in [-0.1, -0.05) is 78.8 Å². The van der Waals surface area contributed by atoms with E-state index >= 15 is 0 Å². The van der Waals surface area contributed by atoms with Gasteiger partial charge < -0.3 is 15.0 Å². The van der Waals surface area contributed by atoms with Crippen LogP contribution in [-0.4, -0.2) is 53.1 Å². The average molecular weight is 545 g/mol. The van der Waals surface area contributed by atoms with Crippen LogP contribution in [0.5, 0.6) is 0 Å². The lowest BCUT2D eigenvalue weighted by Gasteiger charge is -2.37. The van der Waals surface area contributed by atoms with Gasteiger partial charge in [0.05, 0.1) is 30.8 Å². The fraction of sp³-hybridized carbons (Fsp3) is 0.387. The van der Waals surface area contributed by atoms with E-state index in [9.17, 15) is 9.59 Å². The fourth-order valence-electron chi connectivity index (χ4n) is 5.59. The Balaban J connectivity index is 1.28. The molecule has 1 N–H and O–H groups in total. The molecule has 7 nitrogen and oxygen atoms in total. The number of fused-ring (bicyclic) bond motifs is 1. The largest absolute Gasteiger partial charge is 0.466 e. The maximum atomic E-state index is 13.3. The Morgan fingerprint density at radius 2 is 1.87 bits per heavy atom. The van der Waals surface area contributed by atoms with E-state index in [1.165, 1.54) is 24.4 Å². The third-order valence-electron chi connectivity index (χ3n) is 7.53. The molecule has 1 atom stereocenters. The number of amides is 1. The fourth-order valence-corrected chi connectivity index (χ4v) is 6.53. The predicted molar refractivity (Wildman–Crippen MR) is 156 cm³/mol. The minimum Gasteiger partial charge on any atom is -0.466 e. The molecule has 0 radical (unpaired) electrons. The first-order valence-corrected chi connectivity index (χ1v) is 14.5. The molecular formula is C31H36N4O3S. The number of methoxy groups -OCH3 is 1. The highest BCUT2D eigenvalue weighted by molar-refractivity contribution is 8.16. The quantitative estimate of drug-likeness (QED) is 0.455. The number of thioether (sulfide) groups is 1. The number of aryl methyl sites for hydroxylation is 1. The van der Waals surface area contributed by atoms with Gasteiger partial charge in [-0.3, -0.25) is 9.69 Å². The molecule has 0 aromatic heterocycles. The van der Waals surface area contributed by atoms with Crippen molar-refractivity contribution in [2.45, 2.75) is 58.2 Å². The van der Waals surface area contributed by atoms with E-state index in [0.29, 0.717) is 12.0 Å². The van der Waals surface area contributed by atoms with Crippen molar-refractivity contribution >= 4 is 28.8 Å². The van der Waals surface area contributed by atoms with Crippen molar-refractivity contribution < 1.29 is 14.3 Å². The normalized spacial score (nSPS) is 19.9. The zero-order valence-corrected chi connectivity index (χ0v) is 23.7. The predicted octanol–water partition coefficient (Wildman–Crippen LogP) is 5.30. The molecule has 3 heterocycles. The summed E-state index contributed by atoms with van der Waals surface area (Å²) in [5.41, 5.74) is 5.52. The van der Waals surface area contributed by atoms with Crippen LogP contribution in [0.15, 0.2) is 82.0 Å². The van der Waals surface area contributed by atoms with Crippen molar-refractivity contribution in [2.75, 3.05) is 20.2 Å². The van der Waals surface area contributed by atoms with Gasteiger partial charge in [0.2, 0.25) is 5.91 Å². The molecule has 0 spiro atoms. The minimum atomic E-state index is -0.393. The third-order valence-corrected chi connectivity index (χ3v) is 8.42. The summed E-state index contributed by atoms with van der Waals surface area (Å²) in [7, 11) is 1.41. The number of nitrogens with zero attached hydrogens (tertiary/aromatic N) is 3. The highest BCUT2D eigenvalue weighted by Gasteiger charge is 2.41. The molecule has 3 aliphatic heterocycles. The lowest BCUT2D eigenvalue weighted by atomic mass is 9.92. The number of allylic oxidation sites excluding steroid dienone is 1. The number of hydrogen-bond donors (Lipinski definition) is 1. The number of likely N-dealkylation sites (tertiary alicyclic amines) is 1. The maximum absolute atomic E-state index is 13.3. The van der Waals surface area contributed by atoms with Crippen LogP contribution in [0.4, 0.5) is 0 Å². The van der Waals surface area contributed by atoms with Crippen molar-refractivity contribution in [1.29, 1.82) is 0 Å². The average Bonchev–Trinajstić information content (AvgIpc) is 3.35. The van der Waals surface area contributed by atoms with Crippen LogP contribution >= 0.6 is 11.8 Å². The van der Waals surface area contributed by atoms with Gasteiger partial charge >= 0.3 is 5.97 Å². The number of carbonyl (C=O) groups excluding carboxylic acids is 2. The lowest BCUT2D eigenvalue weighted by molar-refractivity contribution is -0.136.